The molecule has 0 saturated heterocycles. The molecule has 4 N–H and O–H groups in total. The number of nitrogens with two attached hydrogens (primary N) is 1. The number of nitrogen functional groups attached to an aromatic ring is 1. The predicted molar refractivity (Wildman–Crippen MR) is 68.7 cm³/mol. The molecule has 0 heterocycles. The highest BCUT2D eigenvalue weighted by Crippen LogP contribution is 2.14. The Kier molecular flexibility index (Phi) is 4.67. The molecule has 18 heavy (non-hydrogen) atoms. The van der Waals surface area contributed by atoms with Gasteiger partial charge in [-0.3, -0.25) is 4.79 Å². The van der Waals surface area contributed by atoms with E-state index in [4.69, 9.17) is 5.73 Å². The first-order valence-electron chi connectivity index (χ1n) is 5.91. The molecule has 0 fully saturated rings. The zero-order chi connectivity index (χ0) is 13.8. The molecule has 4 nitrogen and oxygen atoms in total. The minimum absolute atomic E-state index is 0.0858. The molecule has 0 aliphatic rings. The highest BCUT2D eigenvalue weighted by atomic mass is 19.1. The third-order valence-electron chi connectivity index (χ3n) is 2.68. The van der Waals surface area contributed by atoms with Gasteiger partial charge in [0, 0.05) is 12.2 Å². The molecule has 0 aliphatic heterocycles. The summed E-state index contributed by atoms with van der Waals surface area (Å²) >= 11 is 0. The Morgan fingerprint density at radius 1 is 1.56 bits per heavy atom. The number of hydrogen-bond acceptors (Lipinski definition) is 3. The van der Waals surface area contributed by atoms with Crippen molar-refractivity contribution in [2.24, 2.45) is 0 Å². The van der Waals surface area contributed by atoms with Gasteiger partial charge in [-0.05, 0) is 31.5 Å². The lowest BCUT2D eigenvalue weighted by atomic mass is 10.0. The number of amides is 1. The van der Waals surface area contributed by atoms with Crippen LogP contribution in [0.15, 0.2) is 18.2 Å². The number of aliphatic hydroxyl groups is 1. The van der Waals surface area contributed by atoms with Crippen LogP contribution in [0, 0.1) is 5.82 Å². The minimum atomic E-state index is -0.945. The summed E-state index contributed by atoms with van der Waals surface area (Å²) in [7, 11) is 0. The first kappa shape index (κ1) is 14.4. The van der Waals surface area contributed by atoms with Crippen LogP contribution >= 0.6 is 0 Å². The normalized spacial score (nSPS) is 14.0. The van der Waals surface area contributed by atoms with Crippen LogP contribution in [0.3, 0.4) is 0 Å². The SMILES string of the molecule is CCCC(C)(O)CNC(=O)c1ccc(F)cc1N. The fraction of sp³-hybridized carbons (Fsp3) is 0.462. The van der Waals surface area contributed by atoms with E-state index in [1.807, 2.05) is 6.92 Å². The van der Waals surface area contributed by atoms with Crippen LogP contribution in [-0.2, 0) is 0 Å². The van der Waals surface area contributed by atoms with Crippen molar-refractivity contribution < 1.29 is 14.3 Å². The van der Waals surface area contributed by atoms with Gasteiger partial charge in [-0.1, -0.05) is 13.3 Å². The highest BCUT2D eigenvalue weighted by Gasteiger charge is 2.20. The molecule has 0 bridgehead atoms. The molecule has 0 aromatic heterocycles. The summed E-state index contributed by atoms with van der Waals surface area (Å²) in [6.45, 7) is 3.75. The highest BCUT2D eigenvalue weighted by molar-refractivity contribution is 5.99. The van der Waals surface area contributed by atoms with Crippen molar-refractivity contribution in [3.63, 3.8) is 0 Å². The van der Waals surface area contributed by atoms with Gasteiger partial charge in [0.05, 0.1) is 11.2 Å². The summed E-state index contributed by atoms with van der Waals surface area (Å²) in [6, 6.07) is 3.60. The fourth-order valence-corrected chi connectivity index (χ4v) is 1.73. The van der Waals surface area contributed by atoms with Gasteiger partial charge in [-0.15, -0.1) is 0 Å². The number of benzene rings is 1. The Balaban J connectivity index is 2.66. The van der Waals surface area contributed by atoms with Crippen LogP contribution in [0.25, 0.3) is 0 Å². The van der Waals surface area contributed by atoms with Crippen molar-refractivity contribution >= 4 is 11.6 Å². The maximum absolute atomic E-state index is 12.8. The van der Waals surface area contributed by atoms with E-state index < -0.39 is 17.3 Å². The van der Waals surface area contributed by atoms with Crippen molar-refractivity contribution in [3.8, 4) is 0 Å². The zero-order valence-corrected chi connectivity index (χ0v) is 10.7. The summed E-state index contributed by atoms with van der Waals surface area (Å²) in [4.78, 5) is 11.8. The van der Waals surface area contributed by atoms with Crippen LogP contribution in [0.1, 0.15) is 37.0 Å². The molecule has 1 unspecified atom stereocenters. The van der Waals surface area contributed by atoms with E-state index in [2.05, 4.69) is 5.32 Å². The summed E-state index contributed by atoms with van der Waals surface area (Å²) in [5.41, 5.74) is 4.91. The summed E-state index contributed by atoms with van der Waals surface area (Å²) in [5, 5.41) is 12.5. The Morgan fingerprint density at radius 3 is 2.78 bits per heavy atom. The molecule has 1 rings (SSSR count). The van der Waals surface area contributed by atoms with Gasteiger partial charge in [0.25, 0.3) is 5.91 Å². The molecule has 0 aliphatic carbocycles. The van der Waals surface area contributed by atoms with Gasteiger partial charge in [0.1, 0.15) is 5.82 Å². The number of nitrogens with one attached hydrogen (secondary N) is 1. The number of rotatable bonds is 5. The standard InChI is InChI=1S/C13H19FN2O2/c1-3-6-13(2,18)8-16-12(17)10-5-4-9(14)7-11(10)15/h4-5,7,18H,3,6,8,15H2,1-2H3,(H,16,17). The van der Waals surface area contributed by atoms with E-state index >= 15 is 0 Å². The average Bonchev–Trinajstić information content (AvgIpc) is 2.26. The van der Waals surface area contributed by atoms with E-state index in [1.54, 1.807) is 6.92 Å². The molecule has 100 valence electrons. The second-order valence-corrected chi connectivity index (χ2v) is 4.66. The molecule has 1 aromatic rings. The first-order chi connectivity index (χ1) is 8.35. The van der Waals surface area contributed by atoms with E-state index in [1.165, 1.54) is 12.1 Å². The van der Waals surface area contributed by atoms with E-state index in [9.17, 15) is 14.3 Å². The Hall–Kier alpha value is -1.62. The largest absolute Gasteiger partial charge is 0.398 e. The third-order valence-corrected chi connectivity index (χ3v) is 2.68. The molecule has 1 aromatic carbocycles. The molecular formula is C13H19FN2O2. The number of carbonyl (C=O) groups is 1. The quantitative estimate of drug-likeness (QED) is 0.700. The molecule has 5 heteroatoms. The van der Waals surface area contributed by atoms with Crippen LogP contribution in [0.4, 0.5) is 10.1 Å². The van der Waals surface area contributed by atoms with Gasteiger partial charge in [0.15, 0.2) is 0 Å². The molecule has 0 saturated carbocycles. The monoisotopic (exact) mass is 254 g/mol. The van der Waals surface area contributed by atoms with Crippen molar-refractivity contribution in [1.29, 1.82) is 0 Å². The van der Waals surface area contributed by atoms with Crippen molar-refractivity contribution in [2.75, 3.05) is 12.3 Å². The van der Waals surface area contributed by atoms with Crippen molar-refractivity contribution in [1.82, 2.24) is 5.32 Å². The summed E-state index contributed by atoms with van der Waals surface area (Å²) in [5.74, 6) is -0.897. The molecule has 1 amide bonds. The molecular weight excluding hydrogens is 235 g/mol. The maximum atomic E-state index is 12.8. The lowest BCUT2D eigenvalue weighted by molar-refractivity contribution is 0.0470. The van der Waals surface area contributed by atoms with E-state index in [0.717, 1.165) is 12.5 Å². The van der Waals surface area contributed by atoms with Gasteiger partial charge in [-0.25, -0.2) is 4.39 Å². The second kappa shape index (κ2) is 5.82. The third kappa shape index (κ3) is 4.00. The lowest BCUT2D eigenvalue weighted by Gasteiger charge is -2.23. The zero-order valence-electron chi connectivity index (χ0n) is 10.7. The first-order valence-corrected chi connectivity index (χ1v) is 5.91. The van der Waals surface area contributed by atoms with Gasteiger partial charge in [-0.2, -0.15) is 0 Å². The maximum Gasteiger partial charge on any atom is 0.253 e. The second-order valence-electron chi connectivity index (χ2n) is 4.66. The lowest BCUT2D eigenvalue weighted by Crippen LogP contribution is -2.40. The number of anilines is 1. The summed E-state index contributed by atoms with van der Waals surface area (Å²) in [6.07, 6.45) is 1.41. The number of halogens is 1. The molecule has 0 radical (unpaired) electrons. The van der Waals surface area contributed by atoms with Crippen molar-refractivity contribution in [3.05, 3.63) is 29.6 Å². The topological polar surface area (TPSA) is 75.3 Å². The van der Waals surface area contributed by atoms with E-state index in [-0.39, 0.29) is 17.8 Å². The number of carbonyl (C=O) groups excluding carboxylic acids is 1. The minimum Gasteiger partial charge on any atom is -0.398 e. The van der Waals surface area contributed by atoms with Crippen molar-refractivity contribution in [2.45, 2.75) is 32.3 Å². The summed E-state index contributed by atoms with van der Waals surface area (Å²) < 4.78 is 12.8. The van der Waals surface area contributed by atoms with Crippen LogP contribution in [-0.4, -0.2) is 23.2 Å². The Bertz CT molecular complexity index is 433. The van der Waals surface area contributed by atoms with E-state index in [0.29, 0.717) is 6.42 Å². The Morgan fingerprint density at radius 2 is 2.22 bits per heavy atom. The predicted octanol–water partition coefficient (Wildman–Crippen LogP) is 1.69. The Labute approximate surface area is 106 Å². The molecule has 1 atom stereocenters. The van der Waals surface area contributed by atoms with Gasteiger partial charge < -0.3 is 16.2 Å². The number of hydrogen-bond donors (Lipinski definition) is 3. The smallest absolute Gasteiger partial charge is 0.253 e. The van der Waals surface area contributed by atoms with Gasteiger partial charge in [0.2, 0.25) is 0 Å². The van der Waals surface area contributed by atoms with Crippen LogP contribution in [0.5, 0.6) is 0 Å². The van der Waals surface area contributed by atoms with Crippen LogP contribution in [0.2, 0.25) is 0 Å². The fourth-order valence-electron chi connectivity index (χ4n) is 1.73. The van der Waals surface area contributed by atoms with Gasteiger partial charge >= 0.3 is 0 Å². The van der Waals surface area contributed by atoms with Crippen LogP contribution < -0.4 is 11.1 Å². The molecule has 0 spiro atoms. The average molecular weight is 254 g/mol.